The van der Waals surface area contributed by atoms with E-state index in [9.17, 15) is 31.1 Å². The summed E-state index contributed by atoms with van der Waals surface area (Å²) in [6.07, 6.45) is -15.4. The van der Waals surface area contributed by atoms with Gasteiger partial charge in [-0.15, -0.1) is 0 Å². The zero-order valence-corrected chi connectivity index (χ0v) is 16.6. The second-order valence-electron chi connectivity index (χ2n) is 7.55. The Labute approximate surface area is 178 Å². The molecule has 1 unspecified atom stereocenters. The van der Waals surface area contributed by atoms with Crippen LogP contribution in [0.15, 0.2) is 48.5 Å². The Kier molecular flexibility index (Phi) is 6.59. The maximum Gasteiger partial charge on any atom is 0.439 e. The molecule has 32 heavy (non-hydrogen) atoms. The summed E-state index contributed by atoms with van der Waals surface area (Å²) in [5.41, 5.74) is 0.128. The molecular formula is C21H18F6O5. The molecule has 1 aliphatic rings. The van der Waals surface area contributed by atoms with Gasteiger partial charge in [-0.05, 0) is 48.5 Å². The van der Waals surface area contributed by atoms with E-state index in [1.807, 2.05) is 6.92 Å². The molecule has 0 radical (unpaired) electrons. The average Bonchev–Trinajstić information content (AvgIpc) is 2.71. The summed E-state index contributed by atoms with van der Waals surface area (Å²) in [4.78, 5) is 12.2. The molecule has 1 atom stereocenters. The van der Waals surface area contributed by atoms with Crippen LogP contribution in [0, 0.1) is 5.41 Å². The van der Waals surface area contributed by atoms with Crippen molar-refractivity contribution in [2.24, 2.45) is 5.41 Å². The molecule has 0 saturated carbocycles. The van der Waals surface area contributed by atoms with Gasteiger partial charge in [0, 0.05) is 5.41 Å². The number of halogens is 6. The second kappa shape index (κ2) is 8.89. The molecule has 2 aromatic rings. The molecule has 0 N–H and O–H groups in total. The van der Waals surface area contributed by atoms with E-state index in [1.54, 1.807) is 12.1 Å². The van der Waals surface area contributed by atoms with Crippen LogP contribution in [-0.2, 0) is 4.74 Å². The van der Waals surface area contributed by atoms with E-state index in [4.69, 9.17) is 14.2 Å². The third-order valence-electron chi connectivity index (χ3n) is 4.45. The standard InChI is InChI=1S/C21H18F6O5/c1-19(10-29-11-19)12-30-14-4-2-13(3-5-14)17(28)31-15-6-8-16(9-7-15)32-21(26,27)18(22)20(23,24)25/h2-9,18H,10-12H2,1H3. The fraction of sp³-hybridized carbons (Fsp3) is 0.381. The highest BCUT2D eigenvalue weighted by molar-refractivity contribution is 5.91. The molecule has 0 spiro atoms. The van der Waals surface area contributed by atoms with Crippen molar-refractivity contribution in [3.63, 3.8) is 0 Å². The van der Waals surface area contributed by atoms with Gasteiger partial charge >= 0.3 is 18.3 Å². The molecule has 0 bridgehead atoms. The topological polar surface area (TPSA) is 54.0 Å². The van der Waals surface area contributed by atoms with Crippen LogP contribution in [0.1, 0.15) is 17.3 Å². The second-order valence-corrected chi connectivity index (χ2v) is 7.55. The summed E-state index contributed by atoms with van der Waals surface area (Å²) in [7, 11) is 0. The normalized spacial score (nSPS) is 16.6. The first-order valence-electron chi connectivity index (χ1n) is 9.28. The number of hydrogen-bond acceptors (Lipinski definition) is 5. The van der Waals surface area contributed by atoms with Crippen molar-refractivity contribution in [2.75, 3.05) is 19.8 Å². The van der Waals surface area contributed by atoms with Gasteiger partial charge in [-0.2, -0.15) is 22.0 Å². The molecule has 11 heteroatoms. The fourth-order valence-electron chi connectivity index (χ4n) is 2.62. The van der Waals surface area contributed by atoms with Gasteiger partial charge in [-0.1, -0.05) is 6.92 Å². The molecule has 5 nitrogen and oxygen atoms in total. The van der Waals surface area contributed by atoms with Crippen molar-refractivity contribution >= 4 is 5.97 Å². The van der Waals surface area contributed by atoms with Gasteiger partial charge in [-0.3, -0.25) is 0 Å². The van der Waals surface area contributed by atoms with Crippen LogP contribution in [-0.4, -0.2) is 44.2 Å². The van der Waals surface area contributed by atoms with Crippen LogP contribution in [0.3, 0.4) is 0 Å². The SMILES string of the molecule is CC1(COc2ccc(C(=O)Oc3ccc(OC(F)(F)C(F)C(F)(F)F)cc3)cc2)COC1. The number of benzene rings is 2. The first-order valence-corrected chi connectivity index (χ1v) is 9.28. The van der Waals surface area contributed by atoms with E-state index in [0.717, 1.165) is 24.3 Å². The number of carbonyl (C=O) groups is 1. The maximum atomic E-state index is 13.3. The van der Waals surface area contributed by atoms with Crippen molar-refractivity contribution < 1.29 is 50.1 Å². The molecule has 2 aromatic carbocycles. The van der Waals surface area contributed by atoms with Gasteiger partial charge in [0.05, 0.1) is 25.4 Å². The van der Waals surface area contributed by atoms with E-state index in [1.165, 1.54) is 12.1 Å². The number of esters is 1. The van der Waals surface area contributed by atoms with E-state index in [-0.39, 0.29) is 16.7 Å². The first-order chi connectivity index (χ1) is 14.9. The first kappa shape index (κ1) is 23.7. The zero-order chi connectivity index (χ0) is 23.6. The lowest BCUT2D eigenvalue weighted by Crippen LogP contribution is -2.45. The van der Waals surface area contributed by atoms with Crippen LogP contribution in [0.2, 0.25) is 0 Å². The number of ether oxygens (including phenoxy) is 4. The summed E-state index contributed by atoms with van der Waals surface area (Å²) in [5, 5.41) is 0. The Hall–Kier alpha value is -2.95. The van der Waals surface area contributed by atoms with E-state index in [0.29, 0.717) is 25.6 Å². The Bertz CT molecular complexity index is 923. The molecule has 1 fully saturated rings. The molecule has 0 amide bonds. The lowest BCUT2D eigenvalue weighted by atomic mass is 9.90. The number of carbonyl (C=O) groups excluding carboxylic acids is 1. The van der Waals surface area contributed by atoms with E-state index >= 15 is 0 Å². The van der Waals surface area contributed by atoms with Gasteiger partial charge < -0.3 is 18.9 Å². The Morgan fingerprint density at radius 1 is 0.969 bits per heavy atom. The molecule has 1 aliphatic heterocycles. The van der Waals surface area contributed by atoms with Gasteiger partial charge in [0.25, 0.3) is 6.17 Å². The summed E-state index contributed by atoms with van der Waals surface area (Å²) in [5.74, 6) is -1.05. The molecule has 174 valence electrons. The van der Waals surface area contributed by atoms with E-state index in [2.05, 4.69) is 4.74 Å². The highest BCUT2D eigenvalue weighted by Gasteiger charge is 2.59. The lowest BCUT2D eigenvalue weighted by Gasteiger charge is -2.37. The summed E-state index contributed by atoms with van der Waals surface area (Å²) in [6, 6.07) is 9.76. The van der Waals surface area contributed by atoms with Gasteiger partial charge in [0.15, 0.2) is 0 Å². The van der Waals surface area contributed by atoms with Crippen LogP contribution >= 0.6 is 0 Å². The highest BCUT2D eigenvalue weighted by Crippen LogP contribution is 2.37. The molecule has 0 aromatic heterocycles. The number of alkyl halides is 6. The minimum Gasteiger partial charge on any atom is -0.493 e. The maximum absolute atomic E-state index is 13.3. The summed E-state index contributed by atoms with van der Waals surface area (Å²) in [6.45, 7) is 3.69. The Morgan fingerprint density at radius 2 is 1.50 bits per heavy atom. The van der Waals surface area contributed by atoms with Crippen LogP contribution < -0.4 is 14.2 Å². The fourth-order valence-corrected chi connectivity index (χ4v) is 2.62. The molecule has 1 saturated heterocycles. The van der Waals surface area contributed by atoms with Crippen LogP contribution in [0.25, 0.3) is 0 Å². The molecule has 1 heterocycles. The van der Waals surface area contributed by atoms with Crippen molar-refractivity contribution in [3.8, 4) is 17.2 Å². The average molecular weight is 464 g/mol. The summed E-state index contributed by atoms with van der Waals surface area (Å²) < 4.78 is 95.6. The molecule has 3 rings (SSSR count). The van der Waals surface area contributed by atoms with Crippen molar-refractivity contribution in [3.05, 3.63) is 54.1 Å². The van der Waals surface area contributed by atoms with Gasteiger partial charge in [0.2, 0.25) is 0 Å². The minimum absolute atomic E-state index is 0.0463. The van der Waals surface area contributed by atoms with Crippen molar-refractivity contribution in [1.82, 2.24) is 0 Å². The van der Waals surface area contributed by atoms with E-state index < -0.39 is 30.2 Å². The molecular weight excluding hydrogens is 446 g/mol. The van der Waals surface area contributed by atoms with Gasteiger partial charge in [-0.25, -0.2) is 9.18 Å². The lowest BCUT2D eigenvalue weighted by molar-refractivity contribution is -0.304. The Morgan fingerprint density at radius 3 is 2.00 bits per heavy atom. The van der Waals surface area contributed by atoms with Crippen molar-refractivity contribution in [2.45, 2.75) is 25.4 Å². The third-order valence-corrected chi connectivity index (χ3v) is 4.45. The summed E-state index contributed by atoms with van der Waals surface area (Å²) >= 11 is 0. The zero-order valence-electron chi connectivity index (χ0n) is 16.6. The third kappa shape index (κ3) is 5.84. The minimum atomic E-state index is -5.79. The largest absolute Gasteiger partial charge is 0.493 e. The predicted octanol–water partition coefficient (Wildman–Crippen LogP) is 5.19. The number of hydrogen-bond donors (Lipinski definition) is 0. The monoisotopic (exact) mass is 464 g/mol. The van der Waals surface area contributed by atoms with Crippen LogP contribution in [0.4, 0.5) is 26.3 Å². The predicted molar refractivity (Wildman–Crippen MR) is 98.8 cm³/mol. The van der Waals surface area contributed by atoms with Crippen LogP contribution in [0.5, 0.6) is 17.2 Å². The smallest absolute Gasteiger partial charge is 0.439 e. The quantitative estimate of drug-likeness (QED) is 0.306. The number of rotatable bonds is 8. The highest BCUT2D eigenvalue weighted by atomic mass is 19.4. The molecule has 0 aliphatic carbocycles. The Balaban J connectivity index is 1.55. The van der Waals surface area contributed by atoms with Crippen molar-refractivity contribution in [1.29, 1.82) is 0 Å². The van der Waals surface area contributed by atoms with Gasteiger partial charge in [0.1, 0.15) is 17.2 Å².